The van der Waals surface area contributed by atoms with Crippen LogP contribution in [0.25, 0.3) is 0 Å². The third kappa shape index (κ3) is 1.11. The second-order valence-electron chi connectivity index (χ2n) is 5.50. The summed E-state index contributed by atoms with van der Waals surface area (Å²) in [6.45, 7) is 5.67. The van der Waals surface area contributed by atoms with E-state index in [1.807, 2.05) is 20.8 Å². The Hall–Kier alpha value is -0.420. The minimum Gasteiger partial charge on any atom is -0.297 e. The molecule has 4 nitrogen and oxygen atoms in total. The SMILES string of the molecule is CC1(C)[C@H]2CC[C@@]1(C)C(=O)C2S(=O)(=O)O. The molecule has 0 saturated heterocycles. The molecule has 0 amide bonds. The molecule has 2 bridgehead atoms. The van der Waals surface area contributed by atoms with Crippen LogP contribution in [0.15, 0.2) is 0 Å². The molecule has 1 N–H and O–H groups in total. The van der Waals surface area contributed by atoms with Gasteiger partial charge in [0.25, 0.3) is 10.1 Å². The van der Waals surface area contributed by atoms with Crippen LogP contribution in [0.3, 0.4) is 0 Å². The van der Waals surface area contributed by atoms with Crippen molar-refractivity contribution >= 4 is 15.9 Å². The molecule has 5 heteroatoms. The molecule has 0 spiro atoms. The number of rotatable bonds is 1. The number of hydrogen-bond donors (Lipinski definition) is 1. The van der Waals surface area contributed by atoms with Crippen LogP contribution in [0.2, 0.25) is 0 Å². The minimum atomic E-state index is -4.24. The first kappa shape index (κ1) is 11.1. The van der Waals surface area contributed by atoms with Crippen molar-refractivity contribution in [2.45, 2.75) is 38.9 Å². The lowest BCUT2D eigenvalue weighted by Gasteiger charge is -2.32. The zero-order chi connectivity index (χ0) is 11.6. The molecule has 2 rings (SSSR count). The van der Waals surface area contributed by atoms with E-state index >= 15 is 0 Å². The fourth-order valence-electron chi connectivity index (χ4n) is 3.35. The number of carbonyl (C=O) groups is 1. The maximum atomic E-state index is 12.0. The molecule has 86 valence electrons. The van der Waals surface area contributed by atoms with Gasteiger partial charge in [-0.15, -0.1) is 0 Å². The third-order valence-electron chi connectivity index (χ3n) is 4.79. The Morgan fingerprint density at radius 1 is 1.33 bits per heavy atom. The largest absolute Gasteiger partial charge is 0.297 e. The van der Waals surface area contributed by atoms with Gasteiger partial charge in [-0.2, -0.15) is 8.42 Å². The second kappa shape index (κ2) is 2.63. The van der Waals surface area contributed by atoms with Crippen molar-refractivity contribution in [3.05, 3.63) is 0 Å². The van der Waals surface area contributed by atoms with E-state index in [1.54, 1.807) is 0 Å². The van der Waals surface area contributed by atoms with Gasteiger partial charge in [0, 0.05) is 5.41 Å². The van der Waals surface area contributed by atoms with Gasteiger partial charge in [-0.25, -0.2) is 0 Å². The number of carbonyl (C=O) groups excluding carboxylic acids is 1. The summed E-state index contributed by atoms with van der Waals surface area (Å²) in [6, 6.07) is 0. The van der Waals surface area contributed by atoms with Crippen molar-refractivity contribution < 1.29 is 17.8 Å². The lowest BCUT2D eigenvalue weighted by atomic mass is 9.70. The summed E-state index contributed by atoms with van der Waals surface area (Å²) in [4.78, 5) is 12.0. The summed E-state index contributed by atoms with van der Waals surface area (Å²) in [7, 11) is -4.24. The molecule has 0 radical (unpaired) electrons. The molecule has 0 aliphatic heterocycles. The van der Waals surface area contributed by atoms with Crippen LogP contribution in [0.5, 0.6) is 0 Å². The van der Waals surface area contributed by atoms with Crippen LogP contribution in [0.4, 0.5) is 0 Å². The Balaban J connectivity index is 2.57. The highest BCUT2D eigenvalue weighted by Crippen LogP contribution is 2.64. The third-order valence-corrected chi connectivity index (χ3v) is 5.98. The van der Waals surface area contributed by atoms with E-state index in [2.05, 4.69) is 0 Å². The molecular weight excluding hydrogens is 216 g/mol. The molecule has 2 fully saturated rings. The quantitative estimate of drug-likeness (QED) is 0.691. The first-order chi connectivity index (χ1) is 6.62. The van der Waals surface area contributed by atoms with Gasteiger partial charge >= 0.3 is 0 Å². The Morgan fingerprint density at radius 2 is 1.87 bits per heavy atom. The van der Waals surface area contributed by atoms with Gasteiger partial charge in [0.05, 0.1) is 0 Å². The lowest BCUT2D eigenvalue weighted by Crippen LogP contribution is -2.38. The van der Waals surface area contributed by atoms with Crippen LogP contribution < -0.4 is 0 Å². The number of Topliss-reactive ketones (excluding diaryl/α,β-unsaturated/α-hetero) is 1. The van der Waals surface area contributed by atoms with Crippen LogP contribution in [0, 0.1) is 16.7 Å². The van der Waals surface area contributed by atoms with Gasteiger partial charge in [0.1, 0.15) is 5.25 Å². The summed E-state index contributed by atoms with van der Waals surface area (Å²) in [6.07, 6.45) is 1.44. The monoisotopic (exact) mass is 232 g/mol. The smallest absolute Gasteiger partial charge is 0.275 e. The molecule has 3 atom stereocenters. The van der Waals surface area contributed by atoms with E-state index in [-0.39, 0.29) is 17.1 Å². The predicted molar refractivity (Wildman–Crippen MR) is 55.0 cm³/mol. The predicted octanol–water partition coefficient (Wildman–Crippen LogP) is 1.27. The van der Waals surface area contributed by atoms with E-state index in [0.717, 1.165) is 6.42 Å². The molecule has 0 heterocycles. The first-order valence-electron chi connectivity index (χ1n) is 5.13. The van der Waals surface area contributed by atoms with E-state index < -0.39 is 20.8 Å². The maximum absolute atomic E-state index is 12.0. The zero-order valence-electron chi connectivity index (χ0n) is 9.15. The van der Waals surface area contributed by atoms with Crippen molar-refractivity contribution in [2.75, 3.05) is 0 Å². The molecule has 0 aromatic heterocycles. The van der Waals surface area contributed by atoms with Crippen LogP contribution >= 0.6 is 0 Å². The Labute approximate surface area is 89.8 Å². The van der Waals surface area contributed by atoms with Crippen molar-refractivity contribution in [1.82, 2.24) is 0 Å². The van der Waals surface area contributed by atoms with Crippen LogP contribution in [-0.2, 0) is 14.9 Å². The lowest BCUT2D eigenvalue weighted by molar-refractivity contribution is -0.128. The van der Waals surface area contributed by atoms with Gasteiger partial charge < -0.3 is 0 Å². The summed E-state index contributed by atoms with van der Waals surface area (Å²) in [5.74, 6) is -0.531. The summed E-state index contributed by atoms with van der Waals surface area (Å²) in [5.41, 5.74) is -0.914. The van der Waals surface area contributed by atoms with Gasteiger partial charge in [0.15, 0.2) is 5.78 Å². The van der Waals surface area contributed by atoms with Gasteiger partial charge in [-0.1, -0.05) is 20.8 Å². The van der Waals surface area contributed by atoms with Gasteiger partial charge in [0.2, 0.25) is 0 Å². The second-order valence-corrected chi connectivity index (χ2v) is 7.04. The molecule has 2 saturated carbocycles. The molecular formula is C10H16O4S. The van der Waals surface area contributed by atoms with E-state index in [4.69, 9.17) is 4.55 Å². The van der Waals surface area contributed by atoms with Gasteiger partial charge in [-0.3, -0.25) is 9.35 Å². The zero-order valence-corrected chi connectivity index (χ0v) is 9.97. The average Bonchev–Trinajstić information content (AvgIpc) is 2.33. The molecule has 15 heavy (non-hydrogen) atoms. The normalized spacial score (nSPS) is 43.6. The molecule has 0 aromatic rings. The maximum Gasteiger partial charge on any atom is 0.275 e. The topological polar surface area (TPSA) is 71.4 Å². The Kier molecular flexibility index (Phi) is 1.94. The molecule has 1 unspecified atom stereocenters. The highest BCUT2D eigenvalue weighted by molar-refractivity contribution is 7.87. The Morgan fingerprint density at radius 3 is 2.13 bits per heavy atom. The van der Waals surface area contributed by atoms with Crippen molar-refractivity contribution in [3.8, 4) is 0 Å². The molecule has 0 aromatic carbocycles. The molecule has 2 aliphatic rings. The summed E-state index contributed by atoms with van der Waals surface area (Å²) in [5, 5.41) is -1.19. The number of hydrogen-bond acceptors (Lipinski definition) is 3. The number of fused-ring (bicyclic) bond motifs is 2. The summed E-state index contributed by atoms with van der Waals surface area (Å²) < 4.78 is 31.5. The van der Waals surface area contributed by atoms with Crippen molar-refractivity contribution in [2.24, 2.45) is 16.7 Å². The first-order valence-corrected chi connectivity index (χ1v) is 6.63. The van der Waals surface area contributed by atoms with E-state index in [9.17, 15) is 13.2 Å². The highest BCUT2D eigenvalue weighted by Gasteiger charge is 2.69. The van der Waals surface area contributed by atoms with E-state index in [1.165, 1.54) is 0 Å². The number of ketones is 1. The van der Waals surface area contributed by atoms with Gasteiger partial charge in [-0.05, 0) is 24.2 Å². The van der Waals surface area contributed by atoms with Crippen LogP contribution in [-0.4, -0.2) is 24.0 Å². The van der Waals surface area contributed by atoms with E-state index in [0.29, 0.717) is 6.42 Å². The summed E-state index contributed by atoms with van der Waals surface area (Å²) >= 11 is 0. The fraction of sp³-hybridized carbons (Fsp3) is 0.900. The average molecular weight is 232 g/mol. The standard InChI is InChI=1S/C10H16O4S/c1-9(2)6-4-5-10(9,3)8(11)7(6)15(12,13)14/h6-7H,4-5H2,1-3H3,(H,12,13,14)/t6-,7?,10-/m0/s1. The Bertz CT molecular complexity index is 423. The van der Waals surface area contributed by atoms with Crippen molar-refractivity contribution in [1.29, 1.82) is 0 Å². The van der Waals surface area contributed by atoms with Crippen molar-refractivity contribution in [3.63, 3.8) is 0 Å². The fourth-order valence-corrected chi connectivity index (χ4v) is 4.77. The van der Waals surface area contributed by atoms with Crippen LogP contribution in [0.1, 0.15) is 33.6 Å². The minimum absolute atomic E-state index is 0.231. The molecule has 2 aliphatic carbocycles. The highest BCUT2D eigenvalue weighted by atomic mass is 32.2.